The van der Waals surface area contributed by atoms with Gasteiger partial charge in [0.1, 0.15) is 5.75 Å². The number of ether oxygens (including phenoxy) is 1. The Morgan fingerprint density at radius 2 is 2.12 bits per heavy atom. The molecule has 2 N–H and O–H groups in total. The maximum absolute atomic E-state index is 5.87. The Kier molecular flexibility index (Phi) is 5.47. The van der Waals surface area contributed by atoms with Crippen molar-refractivity contribution in [3.8, 4) is 5.75 Å². The highest BCUT2D eigenvalue weighted by atomic mass is 35.5. The van der Waals surface area contributed by atoms with Crippen LogP contribution in [-0.2, 0) is 0 Å². The van der Waals surface area contributed by atoms with Crippen LogP contribution in [0.3, 0.4) is 0 Å². The van der Waals surface area contributed by atoms with E-state index in [4.69, 9.17) is 22.1 Å². The predicted octanol–water partition coefficient (Wildman–Crippen LogP) is 4.27. The fourth-order valence-corrected chi connectivity index (χ4v) is 1.76. The molecule has 0 radical (unpaired) electrons. The number of nitrogen functional groups attached to an aromatic ring is 1. The number of benzene rings is 1. The summed E-state index contributed by atoms with van der Waals surface area (Å²) < 4.78 is 5.87. The van der Waals surface area contributed by atoms with Crippen molar-refractivity contribution in [2.75, 3.05) is 5.73 Å². The van der Waals surface area contributed by atoms with Gasteiger partial charge in [-0.2, -0.15) is 0 Å². The van der Waals surface area contributed by atoms with E-state index < -0.39 is 0 Å². The average Bonchev–Trinajstić information content (AvgIpc) is 2.27. The second-order valence-electron chi connectivity index (χ2n) is 3.97. The van der Waals surface area contributed by atoms with E-state index in [1.54, 1.807) is 12.1 Å². The lowest BCUT2D eigenvalue weighted by molar-refractivity contribution is 0.184. The molecule has 90 valence electrons. The molecule has 16 heavy (non-hydrogen) atoms. The first kappa shape index (κ1) is 13.2. The van der Waals surface area contributed by atoms with E-state index in [2.05, 4.69) is 13.8 Å². The second kappa shape index (κ2) is 6.64. The lowest BCUT2D eigenvalue weighted by Crippen LogP contribution is -2.15. The highest BCUT2D eigenvalue weighted by molar-refractivity contribution is 6.30. The van der Waals surface area contributed by atoms with Gasteiger partial charge in [-0.25, -0.2) is 0 Å². The van der Waals surface area contributed by atoms with Crippen LogP contribution >= 0.6 is 11.6 Å². The van der Waals surface area contributed by atoms with Crippen LogP contribution < -0.4 is 10.5 Å². The van der Waals surface area contributed by atoms with E-state index in [1.165, 1.54) is 12.8 Å². The molecule has 0 unspecified atom stereocenters. The average molecular weight is 242 g/mol. The van der Waals surface area contributed by atoms with Gasteiger partial charge in [-0.1, -0.05) is 38.3 Å². The van der Waals surface area contributed by atoms with Crippen molar-refractivity contribution in [1.29, 1.82) is 0 Å². The third-order valence-corrected chi connectivity index (χ3v) is 2.84. The van der Waals surface area contributed by atoms with Gasteiger partial charge in [0.15, 0.2) is 0 Å². The summed E-state index contributed by atoms with van der Waals surface area (Å²) in [6.07, 6.45) is 4.71. The molecule has 0 aliphatic rings. The monoisotopic (exact) mass is 241 g/mol. The predicted molar refractivity (Wildman–Crippen MR) is 70.1 cm³/mol. The van der Waals surface area contributed by atoms with Crippen molar-refractivity contribution < 1.29 is 4.74 Å². The van der Waals surface area contributed by atoms with Crippen LogP contribution in [-0.4, -0.2) is 6.10 Å². The highest BCUT2D eigenvalue weighted by Gasteiger charge is 2.09. The fourth-order valence-electron chi connectivity index (χ4n) is 1.58. The molecule has 0 aromatic heterocycles. The topological polar surface area (TPSA) is 35.2 Å². The normalized spacial score (nSPS) is 12.4. The van der Waals surface area contributed by atoms with Crippen LogP contribution in [0.15, 0.2) is 18.2 Å². The molecule has 1 atom stereocenters. The summed E-state index contributed by atoms with van der Waals surface area (Å²) in [5.41, 5.74) is 6.46. The molecule has 0 aliphatic carbocycles. The van der Waals surface area contributed by atoms with Gasteiger partial charge < -0.3 is 10.5 Å². The molecule has 0 fully saturated rings. The van der Waals surface area contributed by atoms with Crippen LogP contribution in [0.5, 0.6) is 5.75 Å². The maximum atomic E-state index is 5.87. The van der Waals surface area contributed by atoms with Crippen molar-refractivity contribution in [1.82, 2.24) is 0 Å². The van der Waals surface area contributed by atoms with Crippen molar-refractivity contribution >= 4 is 17.3 Å². The van der Waals surface area contributed by atoms with Gasteiger partial charge in [0.2, 0.25) is 0 Å². The Morgan fingerprint density at radius 3 is 2.69 bits per heavy atom. The molecular weight excluding hydrogens is 222 g/mol. The Hall–Kier alpha value is -0.890. The number of nitrogens with two attached hydrogens (primary N) is 1. The van der Waals surface area contributed by atoms with Gasteiger partial charge in [-0.05, 0) is 31.0 Å². The van der Waals surface area contributed by atoms with Gasteiger partial charge in [-0.15, -0.1) is 0 Å². The highest BCUT2D eigenvalue weighted by Crippen LogP contribution is 2.27. The lowest BCUT2D eigenvalue weighted by Gasteiger charge is -2.18. The molecule has 1 rings (SSSR count). The summed E-state index contributed by atoms with van der Waals surface area (Å²) in [5.74, 6) is 0.743. The number of halogens is 1. The van der Waals surface area contributed by atoms with Crippen LogP contribution in [0.25, 0.3) is 0 Å². The van der Waals surface area contributed by atoms with Crippen molar-refractivity contribution in [3.05, 3.63) is 23.2 Å². The van der Waals surface area contributed by atoms with Crippen LogP contribution in [0, 0.1) is 0 Å². The van der Waals surface area contributed by atoms with Gasteiger partial charge >= 0.3 is 0 Å². The zero-order valence-electron chi connectivity index (χ0n) is 10.0. The van der Waals surface area contributed by atoms with E-state index >= 15 is 0 Å². The minimum atomic E-state index is 0.253. The van der Waals surface area contributed by atoms with Gasteiger partial charge in [-0.3, -0.25) is 0 Å². The maximum Gasteiger partial charge on any atom is 0.142 e. The number of anilines is 1. The second-order valence-corrected chi connectivity index (χ2v) is 4.41. The molecule has 1 aromatic carbocycles. The Labute approximate surface area is 103 Å². The molecule has 3 heteroatoms. The molecule has 0 saturated heterocycles. The number of rotatable bonds is 6. The Balaban J connectivity index is 2.62. The Morgan fingerprint density at radius 1 is 1.38 bits per heavy atom. The lowest BCUT2D eigenvalue weighted by atomic mass is 10.1. The third-order valence-electron chi connectivity index (χ3n) is 2.60. The molecule has 0 bridgehead atoms. The molecule has 2 nitrogen and oxygen atoms in total. The summed E-state index contributed by atoms with van der Waals surface area (Å²) >= 11 is 5.84. The van der Waals surface area contributed by atoms with E-state index in [0.29, 0.717) is 10.7 Å². The van der Waals surface area contributed by atoms with Crippen molar-refractivity contribution in [2.45, 2.75) is 45.6 Å². The third kappa shape index (κ3) is 3.93. The van der Waals surface area contributed by atoms with Gasteiger partial charge in [0.25, 0.3) is 0 Å². The summed E-state index contributed by atoms with van der Waals surface area (Å²) in [7, 11) is 0. The first-order chi connectivity index (χ1) is 7.67. The number of unbranched alkanes of at least 4 members (excludes halogenated alkanes) is 1. The fraction of sp³-hybridized carbons (Fsp3) is 0.538. The molecule has 0 heterocycles. The standard InChI is InChI=1S/C13H20ClNO/c1-3-5-6-11(4-2)16-13-8-7-10(14)9-12(13)15/h7-9,11H,3-6,15H2,1-2H3/t11-/m0/s1. The van der Waals surface area contributed by atoms with Gasteiger partial charge in [0, 0.05) is 5.02 Å². The first-order valence-electron chi connectivity index (χ1n) is 5.89. The minimum Gasteiger partial charge on any atom is -0.488 e. The minimum absolute atomic E-state index is 0.253. The van der Waals surface area contributed by atoms with Crippen molar-refractivity contribution in [2.24, 2.45) is 0 Å². The van der Waals surface area contributed by atoms with E-state index in [-0.39, 0.29) is 6.10 Å². The van der Waals surface area contributed by atoms with E-state index in [9.17, 15) is 0 Å². The first-order valence-corrected chi connectivity index (χ1v) is 6.26. The smallest absolute Gasteiger partial charge is 0.142 e. The molecule has 0 aliphatic heterocycles. The summed E-state index contributed by atoms with van der Waals surface area (Å²) in [4.78, 5) is 0. The van der Waals surface area contributed by atoms with Crippen LogP contribution in [0.1, 0.15) is 39.5 Å². The SMILES string of the molecule is CCCC[C@H](CC)Oc1ccc(Cl)cc1N. The summed E-state index contributed by atoms with van der Waals surface area (Å²) in [5, 5.41) is 0.645. The molecular formula is C13H20ClNO. The molecule has 1 aromatic rings. The van der Waals surface area contributed by atoms with Crippen LogP contribution in [0.2, 0.25) is 5.02 Å². The Bertz CT molecular complexity index is 328. The number of hydrogen-bond donors (Lipinski definition) is 1. The summed E-state index contributed by atoms with van der Waals surface area (Å²) in [6.45, 7) is 4.32. The van der Waals surface area contributed by atoms with Crippen LogP contribution in [0.4, 0.5) is 5.69 Å². The van der Waals surface area contributed by atoms with E-state index in [0.717, 1.165) is 18.6 Å². The molecule has 0 saturated carbocycles. The molecule has 0 spiro atoms. The van der Waals surface area contributed by atoms with E-state index in [1.807, 2.05) is 6.07 Å². The molecule has 0 amide bonds. The zero-order chi connectivity index (χ0) is 12.0. The largest absolute Gasteiger partial charge is 0.488 e. The zero-order valence-corrected chi connectivity index (χ0v) is 10.8. The quantitative estimate of drug-likeness (QED) is 0.755. The summed E-state index contributed by atoms with van der Waals surface area (Å²) in [6, 6.07) is 5.37. The van der Waals surface area contributed by atoms with Gasteiger partial charge in [0.05, 0.1) is 11.8 Å². The van der Waals surface area contributed by atoms with Crippen molar-refractivity contribution in [3.63, 3.8) is 0 Å². The number of hydrogen-bond acceptors (Lipinski definition) is 2.